The fourth-order valence-corrected chi connectivity index (χ4v) is 2.01. The zero-order valence-electron chi connectivity index (χ0n) is 9.42. The third-order valence-electron chi connectivity index (χ3n) is 2.99. The fourth-order valence-electron chi connectivity index (χ4n) is 2.01. The Bertz CT molecular complexity index is 226. The monoisotopic (exact) mass is 195 g/mol. The van der Waals surface area contributed by atoms with Crippen molar-refractivity contribution in [3.8, 4) is 0 Å². The number of hydrogen-bond acceptors (Lipinski definition) is 2. The highest BCUT2D eigenvalue weighted by Crippen LogP contribution is 2.17. The molecule has 14 heavy (non-hydrogen) atoms. The van der Waals surface area contributed by atoms with E-state index in [1.165, 1.54) is 12.8 Å². The van der Waals surface area contributed by atoms with Gasteiger partial charge in [0.15, 0.2) is 0 Å². The first-order valence-corrected chi connectivity index (χ1v) is 5.51. The van der Waals surface area contributed by atoms with Gasteiger partial charge in [-0.2, -0.15) is 0 Å². The predicted molar refractivity (Wildman–Crippen MR) is 59.3 cm³/mol. The molecule has 2 nitrogen and oxygen atoms in total. The van der Waals surface area contributed by atoms with Gasteiger partial charge in [0.05, 0.1) is 6.26 Å². The summed E-state index contributed by atoms with van der Waals surface area (Å²) in [6.45, 7) is 4.50. The third kappa shape index (κ3) is 2.88. The fraction of sp³-hybridized carbons (Fsp3) is 0.667. The maximum atomic E-state index is 5.36. The summed E-state index contributed by atoms with van der Waals surface area (Å²) in [6, 6.07) is 4.54. The topological polar surface area (TPSA) is 25.2 Å². The Morgan fingerprint density at radius 1 is 1.36 bits per heavy atom. The van der Waals surface area contributed by atoms with Crippen LogP contribution in [0.4, 0.5) is 0 Å². The molecular weight excluding hydrogens is 174 g/mol. The molecule has 0 aliphatic carbocycles. The minimum atomic E-state index is 0.538. The molecule has 1 atom stereocenters. The van der Waals surface area contributed by atoms with Crippen molar-refractivity contribution < 1.29 is 4.42 Å². The number of rotatable bonds is 6. The van der Waals surface area contributed by atoms with E-state index < -0.39 is 0 Å². The van der Waals surface area contributed by atoms with Crippen LogP contribution in [0, 0.1) is 5.92 Å². The quantitative estimate of drug-likeness (QED) is 0.755. The minimum Gasteiger partial charge on any atom is -0.469 e. The van der Waals surface area contributed by atoms with Crippen molar-refractivity contribution in [2.45, 2.75) is 39.2 Å². The molecule has 1 rings (SSSR count). The molecule has 1 aromatic heterocycles. The Balaban J connectivity index is 2.53. The molecule has 0 spiro atoms. The van der Waals surface area contributed by atoms with Gasteiger partial charge < -0.3 is 9.73 Å². The smallest absolute Gasteiger partial charge is 0.105 e. The Kier molecular flexibility index (Phi) is 4.74. The Morgan fingerprint density at radius 3 is 2.50 bits per heavy atom. The van der Waals surface area contributed by atoms with Crippen LogP contribution in [0.3, 0.4) is 0 Å². The van der Waals surface area contributed by atoms with Crippen LogP contribution in [-0.4, -0.2) is 13.1 Å². The molecule has 2 heteroatoms. The lowest BCUT2D eigenvalue weighted by atomic mass is 9.91. The van der Waals surface area contributed by atoms with E-state index in [0.29, 0.717) is 6.04 Å². The van der Waals surface area contributed by atoms with Crippen LogP contribution in [0.25, 0.3) is 0 Å². The molecule has 1 aromatic rings. The van der Waals surface area contributed by atoms with Gasteiger partial charge >= 0.3 is 0 Å². The highest BCUT2D eigenvalue weighted by atomic mass is 16.3. The Hall–Kier alpha value is -0.760. The molecule has 0 radical (unpaired) electrons. The first kappa shape index (κ1) is 11.3. The van der Waals surface area contributed by atoms with E-state index in [1.54, 1.807) is 6.26 Å². The average Bonchev–Trinajstić information content (AvgIpc) is 2.70. The molecule has 0 aliphatic heterocycles. The van der Waals surface area contributed by atoms with Crippen molar-refractivity contribution in [1.82, 2.24) is 5.32 Å². The van der Waals surface area contributed by atoms with Crippen LogP contribution in [0.15, 0.2) is 22.8 Å². The van der Waals surface area contributed by atoms with Gasteiger partial charge in [-0.3, -0.25) is 0 Å². The van der Waals surface area contributed by atoms with Gasteiger partial charge in [-0.15, -0.1) is 0 Å². The van der Waals surface area contributed by atoms with Crippen LogP contribution in [0.5, 0.6) is 0 Å². The molecule has 0 fully saturated rings. The van der Waals surface area contributed by atoms with Crippen LogP contribution < -0.4 is 5.32 Å². The van der Waals surface area contributed by atoms with E-state index in [2.05, 4.69) is 19.2 Å². The van der Waals surface area contributed by atoms with Gasteiger partial charge in [-0.05, 0) is 25.1 Å². The molecule has 1 N–H and O–H groups in total. The van der Waals surface area contributed by atoms with Crippen molar-refractivity contribution in [3.05, 3.63) is 24.2 Å². The molecule has 1 unspecified atom stereocenters. The van der Waals surface area contributed by atoms with Gasteiger partial charge in [0, 0.05) is 12.5 Å². The van der Waals surface area contributed by atoms with Crippen molar-refractivity contribution >= 4 is 0 Å². The zero-order chi connectivity index (χ0) is 10.4. The molecule has 0 aliphatic rings. The second kappa shape index (κ2) is 5.86. The molecule has 0 saturated heterocycles. The third-order valence-corrected chi connectivity index (χ3v) is 2.99. The second-order valence-electron chi connectivity index (χ2n) is 3.76. The van der Waals surface area contributed by atoms with Gasteiger partial charge in [0.25, 0.3) is 0 Å². The lowest BCUT2D eigenvalue weighted by Crippen LogP contribution is -2.34. The van der Waals surface area contributed by atoms with E-state index in [4.69, 9.17) is 4.42 Å². The van der Waals surface area contributed by atoms with Gasteiger partial charge in [0.1, 0.15) is 5.76 Å². The minimum absolute atomic E-state index is 0.538. The number of hydrogen-bond donors (Lipinski definition) is 1. The van der Waals surface area contributed by atoms with Gasteiger partial charge in [0.2, 0.25) is 0 Å². The number of likely N-dealkylation sites (N-methyl/N-ethyl adjacent to an activating group) is 1. The average molecular weight is 195 g/mol. The molecule has 0 aromatic carbocycles. The first-order valence-electron chi connectivity index (χ1n) is 5.51. The molecule has 0 amide bonds. The lowest BCUT2D eigenvalue weighted by Gasteiger charge is -2.23. The van der Waals surface area contributed by atoms with Crippen LogP contribution >= 0.6 is 0 Å². The van der Waals surface area contributed by atoms with Crippen LogP contribution in [0.2, 0.25) is 0 Å². The normalized spacial score (nSPS) is 13.4. The molecule has 1 heterocycles. The Morgan fingerprint density at radius 2 is 2.07 bits per heavy atom. The molecule has 0 bridgehead atoms. The van der Waals surface area contributed by atoms with Gasteiger partial charge in [-0.1, -0.05) is 26.7 Å². The first-order chi connectivity index (χ1) is 6.81. The maximum Gasteiger partial charge on any atom is 0.105 e. The van der Waals surface area contributed by atoms with E-state index in [0.717, 1.165) is 18.1 Å². The van der Waals surface area contributed by atoms with Crippen LogP contribution in [-0.2, 0) is 6.42 Å². The van der Waals surface area contributed by atoms with E-state index in [-0.39, 0.29) is 0 Å². The van der Waals surface area contributed by atoms with E-state index in [1.807, 2.05) is 19.2 Å². The standard InChI is InChI=1S/C12H21NO/c1-4-10(5-2)12(13-3)9-11-7-6-8-14-11/h6-8,10,12-13H,4-5,9H2,1-3H3. The van der Waals surface area contributed by atoms with E-state index >= 15 is 0 Å². The van der Waals surface area contributed by atoms with Crippen LogP contribution in [0.1, 0.15) is 32.4 Å². The van der Waals surface area contributed by atoms with Gasteiger partial charge in [-0.25, -0.2) is 0 Å². The summed E-state index contributed by atoms with van der Waals surface area (Å²) < 4.78 is 5.36. The maximum absolute atomic E-state index is 5.36. The van der Waals surface area contributed by atoms with Crippen molar-refractivity contribution in [3.63, 3.8) is 0 Å². The predicted octanol–water partition coefficient (Wildman–Crippen LogP) is 2.85. The van der Waals surface area contributed by atoms with Crippen molar-refractivity contribution in [1.29, 1.82) is 0 Å². The molecule has 0 saturated carbocycles. The molecule has 80 valence electrons. The van der Waals surface area contributed by atoms with Crippen molar-refractivity contribution in [2.75, 3.05) is 7.05 Å². The second-order valence-corrected chi connectivity index (χ2v) is 3.76. The van der Waals surface area contributed by atoms with Crippen molar-refractivity contribution in [2.24, 2.45) is 5.92 Å². The SMILES string of the molecule is CCC(CC)C(Cc1ccco1)NC. The number of furan rings is 1. The summed E-state index contributed by atoms with van der Waals surface area (Å²) in [5.74, 6) is 1.82. The van der Waals surface area contributed by atoms with E-state index in [9.17, 15) is 0 Å². The zero-order valence-corrected chi connectivity index (χ0v) is 9.42. The lowest BCUT2D eigenvalue weighted by molar-refractivity contribution is 0.330. The number of nitrogens with one attached hydrogen (secondary N) is 1. The summed E-state index contributed by atoms with van der Waals surface area (Å²) in [6.07, 6.45) is 5.19. The summed E-state index contributed by atoms with van der Waals surface area (Å²) >= 11 is 0. The summed E-state index contributed by atoms with van der Waals surface area (Å²) in [4.78, 5) is 0. The highest BCUT2D eigenvalue weighted by molar-refractivity contribution is 5.01. The largest absolute Gasteiger partial charge is 0.469 e. The molecular formula is C12H21NO. The summed E-state index contributed by atoms with van der Waals surface area (Å²) in [5, 5.41) is 3.38. The summed E-state index contributed by atoms with van der Waals surface area (Å²) in [7, 11) is 2.03. The summed E-state index contributed by atoms with van der Waals surface area (Å²) in [5.41, 5.74) is 0. The highest BCUT2D eigenvalue weighted by Gasteiger charge is 2.17. The Labute approximate surface area is 86.7 Å².